The van der Waals surface area contributed by atoms with Crippen LogP contribution in [0.4, 0.5) is 0 Å². The third kappa shape index (κ3) is 1.46. The summed E-state index contributed by atoms with van der Waals surface area (Å²) >= 11 is 0. The molecule has 3 unspecified atom stereocenters. The van der Waals surface area contributed by atoms with Crippen LogP contribution < -0.4 is 0 Å². The Morgan fingerprint density at radius 3 is 2.47 bits per heavy atom. The largest absolute Gasteiger partial charge is 0.298 e. The van der Waals surface area contributed by atoms with Crippen molar-refractivity contribution >= 4 is 5.78 Å². The summed E-state index contributed by atoms with van der Waals surface area (Å²) in [6, 6.07) is 0. The van der Waals surface area contributed by atoms with Crippen LogP contribution in [0.25, 0.3) is 0 Å². The Bertz CT molecular complexity index is 279. The minimum atomic E-state index is -0.0726. The first-order valence-corrected chi connectivity index (χ1v) is 6.44. The molecule has 2 saturated carbocycles. The summed E-state index contributed by atoms with van der Waals surface area (Å²) in [5.41, 5.74) is -0.0865. The number of ketones is 1. The van der Waals surface area contributed by atoms with Gasteiger partial charge in [0.15, 0.2) is 0 Å². The predicted octanol–water partition coefficient (Wildman–Crippen LogP) is 3.82. The summed E-state index contributed by atoms with van der Waals surface area (Å²) in [4.78, 5) is 12.6. The molecule has 0 N–H and O–H groups in total. The Morgan fingerprint density at radius 2 is 1.80 bits per heavy atom. The number of hydrogen-bond acceptors (Lipinski definition) is 1. The number of rotatable bonds is 0. The lowest BCUT2D eigenvalue weighted by Crippen LogP contribution is -2.53. The van der Waals surface area contributed by atoms with Gasteiger partial charge in [-0.3, -0.25) is 4.79 Å². The van der Waals surface area contributed by atoms with Gasteiger partial charge in [-0.25, -0.2) is 0 Å². The highest BCUT2D eigenvalue weighted by Gasteiger charge is 2.54. The Kier molecular flexibility index (Phi) is 2.48. The van der Waals surface area contributed by atoms with E-state index in [2.05, 4.69) is 27.7 Å². The van der Waals surface area contributed by atoms with Crippen LogP contribution in [-0.4, -0.2) is 5.78 Å². The molecule has 0 radical (unpaired) electrons. The maximum atomic E-state index is 12.6. The van der Waals surface area contributed by atoms with Crippen molar-refractivity contribution in [2.45, 2.75) is 59.8 Å². The highest BCUT2D eigenvalue weighted by atomic mass is 16.1. The molecule has 0 aromatic rings. The fraction of sp³-hybridized carbons (Fsp3) is 0.929. The Labute approximate surface area is 93.6 Å². The summed E-state index contributed by atoms with van der Waals surface area (Å²) in [7, 11) is 0. The van der Waals surface area contributed by atoms with E-state index in [1.165, 1.54) is 25.7 Å². The normalized spacial score (nSPS) is 44.9. The van der Waals surface area contributed by atoms with Crippen LogP contribution in [0.3, 0.4) is 0 Å². The highest BCUT2D eigenvalue weighted by molar-refractivity contribution is 5.90. The molecule has 2 aliphatic carbocycles. The van der Waals surface area contributed by atoms with Crippen LogP contribution >= 0.6 is 0 Å². The molecule has 0 aliphatic heterocycles. The van der Waals surface area contributed by atoms with E-state index < -0.39 is 0 Å². The van der Waals surface area contributed by atoms with Gasteiger partial charge in [-0.05, 0) is 37.5 Å². The monoisotopic (exact) mass is 208 g/mol. The van der Waals surface area contributed by atoms with Crippen LogP contribution in [0.1, 0.15) is 59.8 Å². The predicted molar refractivity (Wildman–Crippen MR) is 62.6 cm³/mol. The lowest BCUT2D eigenvalue weighted by atomic mass is 9.50. The first kappa shape index (κ1) is 11.2. The summed E-state index contributed by atoms with van der Waals surface area (Å²) in [6.07, 6.45) is 6.21. The van der Waals surface area contributed by atoms with Gasteiger partial charge < -0.3 is 0 Å². The van der Waals surface area contributed by atoms with Crippen molar-refractivity contribution in [3.8, 4) is 0 Å². The fourth-order valence-corrected chi connectivity index (χ4v) is 3.90. The molecule has 1 nitrogen and oxygen atoms in total. The summed E-state index contributed by atoms with van der Waals surface area (Å²) in [6.45, 7) is 8.80. The van der Waals surface area contributed by atoms with Crippen molar-refractivity contribution in [3.63, 3.8) is 0 Å². The highest BCUT2D eigenvalue weighted by Crippen LogP contribution is 2.55. The maximum absolute atomic E-state index is 12.6. The second kappa shape index (κ2) is 3.33. The molecular formula is C14H24O. The van der Waals surface area contributed by atoms with Crippen molar-refractivity contribution in [2.24, 2.45) is 22.7 Å². The third-order valence-corrected chi connectivity index (χ3v) is 5.28. The molecule has 0 bridgehead atoms. The van der Waals surface area contributed by atoms with Gasteiger partial charge in [0.25, 0.3) is 0 Å². The van der Waals surface area contributed by atoms with Crippen LogP contribution in [0.2, 0.25) is 0 Å². The average molecular weight is 208 g/mol. The van der Waals surface area contributed by atoms with Crippen molar-refractivity contribution in [1.29, 1.82) is 0 Å². The Balaban J connectivity index is 2.35. The minimum Gasteiger partial charge on any atom is -0.298 e. The zero-order valence-electron chi connectivity index (χ0n) is 10.6. The molecule has 0 aromatic heterocycles. The summed E-state index contributed by atoms with van der Waals surface area (Å²) < 4.78 is 0. The minimum absolute atomic E-state index is 0.0139. The number of fused-ring (bicyclic) bond motifs is 1. The van der Waals surface area contributed by atoms with Gasteiger partial charge >= 0.3 is 0 Å². The zero-order valence-corrected chi connectivity index (χ0v) is 10.6. The number of carbonyl (C=O) groups excluding carboxylic acids is 1. The second-order valence-corrected chi connectivity index (χ2v) is 6.56. The number of carbonyl (C=O) groups is 1. The average Bonchev–Trinajstić information content (AvgIpc) is 2.17. The first-order chi connectivity index (χ1) is 6.89. The quantitative estimate of drug-likeness (QED) is 0.591. The molecule has 2 rings (SSSR count). The molecule has 15 heavy (non-hydrogen) atoms. The Hall–Kier alpha value is -0.330. The lowest BCUT2D eigenvalue weighted by molar-refractivity contribution is -0.153. The van der Waals surface area contributed by atoms with E-state index in [1.54, 1.807) is 0 Å². The second-order valence-electron chi connectivity index (χ2n) is 6.56. The standard InChI is InChI=1S/C14H24O/c1-10-6-5-7-11-8-9-13(2,3)12(15)14(10,11)4/h10-11H,5-9H2,1-4H3. The van der Waals surface area contributed by atoms with Crippen LogP contribution in [0, 0.1) is 22.7 Å². The SMILES string of the molecule is CC1CCCC2CCC(C)(C)C(=O)C12C. The number of Topliss-reactive ketones (excluding diaryl/α,β-unsaturated/α-hetero) is 1. The Morgan fingerprint density at radius 1 is 1.13 bits per heavy atom. The third-order valence-electron chi connectivity index (χ3n) is 5.28. The van der Waals surface area contributed by atoms with Gasteiger partial charge in [0, 0.05) is 10.8 Å². The molecule has 0 heterocycles. The first-order valence-electron chi connectivity index (χ1n) is 6.44. The molecule has 3 atom stereocenters. The van der Waals surface area contributed by atoms with E-state index >= 15 is 0 Å². The van der Waals surface area contributed by atoms with E-state index in [-0.39, 0.29) is 10.8 Å². The molecule has 2 fully saturated rings. The zero-order chi connectivity index (χ0) is 11.3. The van der Waals surface area contributed by atoms with E-state index in [4.69, 9.17) is 0 Å². The molecule has 86 valence electrons. The topological polar surface area (TPSA) is 17.1 Å². The van der Waals surface area contributed by atoms with E-state index in [1.807, 2.05) is 0 Å². The van der Waals surface area contributed by atoms with E-state index in [0.717, 1.165) is 6.42 Å². The molecule has 0 spiro atoms. The van der Waals surface area contributed by atoms with Crippen LogP contribution in [-0.2, 0) is 4.79 Å². The van der Waals surface area contributed by atoms with E-state index in [0.29, 0.717) is 17.6 Å². The molecule has 1 heteroatoms. The van der Waals surface area contributed by atoms with Gasteiger partial charge in [0.1, 0.15) is 5.78 Å². The van der Waals surface area contributed by atoms with Crippen molar-refractivity contribution in [1.82, 2.24) is 0 Å². The molecule has 0 amide bonds. The molecule has 0 aromatic carbocycles. The van der Waals surface area contributed by atoms with Gasteiger partial charge in [-0.1, -0.05) is 34.1 Å². The molecular weight excluding hydrogens is 184 g/mol. The lowest BCUT2D eigenvalue weighted by Gasteiger charge is -2.52. The molecule has 0 saturated heterocycles. The maximum Gasteiger partial charge on any atom is 0.144 e. The van der Waals surface area contributed by atoms with Crippen LogP contribution in [0.5, 0.6) is 0 Å². The van der Waals surface area contributed by atoms with E-state index in [9.17, 15) is 4.79 Å². The fourth-order valence-electron chi connectivity index (χ4n) is 3.90. The van der Waals surface area contributed by atoms with Gasteiger partial charge in [-0.2, -0.15) is 0 Å². The van der Waals surface area contributed by atoms with Gasteiger partial charge in [0.05, 0.1) is 0 Å². The van der Waals surface area contributed by atoms with Crippen LogP contribution in [0.15, 0.2) is 0 Å². The summed E-state index contributed by atoms with van der Waals surface area (Å²) in [5.74, 6) is 1.79. The number of hydrogen-bond donors (Lipinski definition) is 0. The smallest absolute Gasteiger partial charge is 0.144 e. The van der Waals surface area contributed by atoms with Crippen molar-refractivity contribution in [3.05, 3.63) is 0 Å². The van der Waals surface area contributed by atoms with Gasteiger partial charge in [0.2, 0.25) is 0 Å². The van der Waals surface area contributed by atoms with Crippen molar-refractivity contribution < 1.29 is 4.79 Å². The molecule has 2 aliphatic rings. The van der Waals surface area contributed by atoms with Gasteiger partial charge in [-0.15, -0.1) is 0 Å². The van der Waals surface area contributed by atoms with Crippen molar-refractivity contribution in [2.75, 3.05) is 0 Å². The summed E-state index contributed by atoms with van der Waals surface area (Å²) in [5, 5.41) is 0.